The molecular weight excluding hydrogens is 352 g/mol. The molecule has 5 nitrogen and oxygen atoms in total. The third-order valence-corrected chi connectivity index (χ3v) is 6.18. The number of aryl methyl sites for hydroxylation is 2. The third-order valence-electron chi connectivity index (χ3n) is 6.18. The van der Waals surface area contributed by atoms with E-state index in [9.17, 15) is 5.11 Å². The maximum Gasteiger partial charge on any atom is 0.137 e. The maximum atomic E-state index is 10.4. The normalized spacial score (nSPS) is 21.3. The number of hydrogen-bond acceptors (Lipinski definition) is 3. The molecule has 3 N–H and O–H groups in total. The van der Waals surface area contributed by atoms with Crippen molar-refractivity contribution in [1.29, 1.82) is 0 Å². The predicted octanol–water partition coefficient (Wildman–Crippen LogP) is 0.252. The highest BCUT2D eigenvalue weighted by atomic mass is 16.5. The average Bonchev–Trinajstić information content (AvgIpc) is 3.17. The second kappa shape index (κ2) is 8.84. The molecule has 2 aromatic rings. The molecule has 1 aliphatic carbocycles. The van der Waals surface area contributed by atoms with Crippen molar-refractivity contribution in [3.05, 3.63) is 53.1 Å². The molecule has 0 bridgehead atoms. The maximum absolute atomic E-state index is 10.4. The molecule has 4 rings (SSSR count). The molecule has 2 aromatic carbocycles. The van der Waals surface area contributed by atoms with Crippen LogP contribution in [0.4, 0.5) is 0 Å². The largest absolute Gasteiger partial charge is 0.507 e. The minimum Gasteiger partial charge on any atom is -0.507 e. The highest BCUT2D eigenvalue weighted by Crippen LogP contribution is 2.28. The van der Waals surface area contributed by atoms with E-state index in [0.29, 0.717) is 5.75 Å². The fourth-order valence-corrected chi connectivity index (χ4v) is 4.44. The first-order valence-electron chi connectivity index (χ1n) is 10.5. The van der Waals surface area contributed by atoms with Crippen LogP contribution in [0, 0.1) is 0 Å². The summed E-state index contributed by atoms with van der Waals surface area (Å²) in [6.07, 6.45) is 3.52. The van der Waals surface area contributed by atoms with E-state index >= 15 is 0 Å². The predicted molar refractivity (Wildman–Crippen MR) is 109 cm³/mol. The monoisotopic (exact) mass is 384 g/mol. The van der Waals surface area contributed by atoms with Crippen LogP contribution in [-0.2, 0) is 19.4 Å². The van der Waals surface area contributed by atoms with Gasteiger partial charge >= 0.3 is 0 Å². The average molecular weight is 385 g/mol. The fraction of sp³-hybridized carbons (Fsp3) is 0.478. The number of piperazine rings is 1. The summed E-state index contributed by atoms with van der Waals surface area (Å²) in [5.41, 5.74) is 3.93. The fourth-order valence-electron chi connectivity index (χ4n) is 4.44. The van der Waals surface area contributed by atoms with Crippen LogP contribution >= 0.6 is 0 Å². The van der Waals surface area contributed by atoms with Crippen LogP contribution in [0.25, 0.3) is 0 Å². The lowest BCUT2D eigenvalue weighted by Crippen LogP contribution is -3.27. The Morgan fingerprint density at radius 3 is 2.25 bits per heavy atom. The van der Waals surface area contributed by atoms with E-state index in [1.54, 1.807) is 16.9 Å². The van der Waals surface area contributed by atoms with Crippen molar-refractivity contribution in [2.24, 2.45) is 0 Å². The Hall–Kier alpha value is -2.24. The molecule has 1 fully saturated rings. The molecule has 0 spiro atoms. The number of nitrogens with one attached hydrogen (secondary N) is 2. The zero-order chi connectivity index (χ0) is 19.3. The van der Waals surface area contributed by atoms with Crippen LogP contribution in [0.1, 0.15) is 23.1 Å². The molecule has 0 unspecified atom stereocenters. The van der Waals surface area contributed by atoms with Crippen molar-refractivity contribution in [3.8, 4) is 17.2 Å². The molecule has 1 aliphatic heterocycles. The second-order valence-electron chi connectivity index (χ2n) is 8.05. The summed E-state index contributed by atoms with van der Waals surface area (Å²) in [6, 6.07) is 12.0. The van der Waals surface area contributed by atoms with Gasteiger partial charge in [0.15, 0.2) is 0 Å². The Morgan fingerprint density at radius 2 is 1.54 bits per heavy atom. The number of methoxy groups -OCH3 is 1. The van der Waals surface area contributed by atoms with Crippen molar-refractivity contribution >= 4 is 0 Å². The molecule has 0 radical (unpaired) electrons. The van der Waals surface area contributed by atoms with E-state index in [1.807, 2.05) is 30.3 Å². The topological polar surface area (TPSA) is 47.6 Å². The number of hydrogen-bond donors (Lipinski definition) is 3. The summed E-state index contributed by atoms with van der Waals surface area (Å²) in [7, 11) is 1.67. The smallest absolute Gasteiger partial charge is 0.137 e. The van der Waals surface area contributed by atoms with Crippen molar-refractivity contribution in [3.63, 3.8) is 0 Å². The van der Waals surface area contributed by atoms with Gasteiger partial charge in [-0.15, -0.1) is 0 Å². The molecular formula is C23H32N2O3+2. The lowest BCUT2D eigenvalue weighted by atomic mass is 10.0. The number of benzene rings is 2. The minimum atomic E-state index is 0.496. The van der Waals surface area contributed by atoms with Gasteiger partial charge in [-0.2, -0.15) is 0 Å². The van der Waals surface area contributed by atoms with E-state index in [2.05, 4.69) is 6.07 Å². The van der Waals surface area contributed by atoms with E-state index in [1.165, 1.54) is 24.0 Å². The number of phenolic OH excluding ortho intramolecular Hbond substituents is 1. The zero-order valence-electron chi connectivity index (χ0n) is 16.8. The number of ether oxygens (including phenoxy) is 2. The minimum absolute atomic E-state index is 0.496. The Kier molecular flexibility index (Phi) is 6.03. The molecule has 0 aromatic heterocycles. The summed E-state index contributed by atoms with van der Waals surface area (Å²) in [5.74, 6) is 2.25. The standard InChI is InChI=1S/C23H30N2O3/c1-27-21-5-7-22(8-6-21)28-14-13-24-9-11-25(12-10-24)17-20-15-18-3-2-4-19(18)16-23(20)26/h5-8,15-16,26H,2-4,9-14,17H2,1H3/p+2. The van der Waals surface area contributed by atoms with Gasteiger partial charge in [0.2, 0.25) is 0 Å². The van der Waals surface area contributed by atoms with Gasteiger partial charge in [-0.1, -0.05) is 0 Å². The molecule has 28 heavy (non-hydrogen) atoms. The second-order valence-corrected chi connectivity index (χ2v) is 8.05. The molecule has 150 valence electrons. The Morgan fingerprint density at radius 1 is 0.893 bits per heavy atom. The van der Waals surface area contributed by atoms with Gasteiger partial charge in [0, 0.05) is 5.56 Å². The van der Waals surface area contributed by atoms with Crippen LogP contribution in [0.5, 0.6) is 17.2 Å². The van der Waals surface area contributed by atoms with Crippen LogP contribution in [-0.4, -0.2) is 51.5 Å². The zero-order valence-corrected chi connectivity index (χ0v) is 16.8. The highest BCUT2D eigenvalue weighted by molar-refractivity contribution is 5.43. The van der Waals surface area contributed by atoms with E-state index in [0.717, 1.165) is 69.4 Å². The summed E-state index contributed by atoms with van der Waals surface area (Å²) < 4.78 is 11.0. The van der Waals surface area contributed by atoms with E-state index in [-0.39, 0.29) is 0 Å². The first kappa shape index (κ1) is 19.1. The van der Waals surface area contributed by atoms with Gasteiger partial charge < -0.3 is 24.4 Å². The number of fused-ring (bicyclic) bond motifs is 1. The van der Waals surface area contributed by atoms with Crippen LogP contribution in [0.2, 0.25) is 0 Å². The summed E-state index contributed by atoms with van der Waals surface area (Å²) >= 11 is 0. The number of aromatic hydroxyl groups is 1. The van der Waals surface area contributed by atoms with Crippen molar-refractivity contribution in [2.75, 3.05) is 46.4 Å². The van der Waals surface area contributed by atoms with Gasteiger partial charge in [-0.05, 0) is 66.8 Å². The van der Waals surface area contributed by atoms with Crippen LogP contribution in [0.15, 0.2) is 36.4 Å². The molecule has 2 aliphatic rings. The molecule has 5 heteroatoms. The number of rotatable bonds is 7. The van der Waals surface area contributed by atoms with Crippen LogP contribution in [0.3, 0.4) is 0 Å². The summed E-state index contributed by atoms with van der Waals surface area (Å²) in [4.78, 5) is 3.18. The highest BCUT2D eigenvalue weighted by Gasteiger charge is 2.24. The van der Waals surface area contributed by atoms with Crippen molar-refractivity contribution in [1.82, 2.24) is 0 Å². The SMILES string of the molecule is COc1ccc(OCC[NH+]2CC[NH+](Cc3cc4c(cc3O)CCC4)CC2)cc1. The summed E-state index contributed by atoms with van der Waals surface area (Å²) in [6.45, 7) is 7.32. The first-order valence-corrected chi connectivity index (χ1v) is 10.5. The number of quaternary nitrogens is 2. The van der Waals surface area contributed by atoms with Gasteiger partial charge in [0.1, 0.15) is 63.1 Å². The van der Waals surface area contributed by atoms with Gasteiger partial charge in [0.05, 0.1) is 7.11 Å². The first-order chi connectivity index (χ1) is 13.7. The van der Waals surface area contributed by atoms with E-state index in [4.69, 9.17) is 9.47 Å². The van der Waals surface area contributed by atoms with Gasteiger partial charge in [0.25, 0.3) is 0 Å². The Balaban J connectivity index is 1.20. The van der Waals surface area contributed by atoms with Crippen molar-refractivity contribution < 1.29 is 24.4 Å². The van der Waals surface area contributed by atoms with Crippen molar-refractivity contribution in [2.45, 2.75) is 25.8 Å². The quantitative estimate of drug-likeness (QED) is 0.642. The summed E-state index contributed by atoms with van der Waals surface area (Å²) in [5, 5.41) is 10.4. The molecule has 1 saturated heterocycles. The van der Waals surface area contributed by atoms with Gasteiger partial charge in [-0.3, -0.25) is 0 Å². The van der Waals surface area contributed by atoms with E-state index < -0.39 is 0 Å². The molecule has 0 amide bonds. The third kappa shape index (κ3) is 4.59. The van der Waals surface area contributed by atoms with Gasteiger partial charge in [-0.25, -0.2) is 0 Å². The number of phenols is 1. The lowest BCUT2D eigenvalue weighted by Gasteiger charge is -2.30. The Labute approximate surface area is 167 Å². The molecule has 0 saturated carbocycles. The lowest BCUT2D eigenvalue weighted by molar-refractivity contribution is -1.02. The Bertz CT molecular complexity index is 783. The molecule has 0 atom stereocenters. The molecule has 1 heterocycles. The van der Waals surface area contributed by atoms with Crippen LogP contribution < -0.4 is 19.3 Å².